The number of nitrogens with two attached hydrogens (primary N) is 1. The van der Waals surface area contributed by atoms with Gasteiger partial charge in [0.05, 0.1) is 6.54 Å². The molecule has 150 valence electrons. The number of nitrogens with zero attached hydrogens (tertiary/aromatic N) is 4. The molecule has 0 radical (unpaired) electrons. The molecule has 0 aliphatic heterocycles. The number of aliphatic hydroxyl groups excluding tert-OH is 1. The first-order chi connectivity index (χ1) is 13.4. The maximum absolute atomic E-state index is 12.6. The molecule has 0 unspecified atom stereocenters. The molecule has 2 heterocycles. The van der Waals surface area contributed by atoms with E-state index in [1.807, 2.05) is 31.2 Å². The average molecular weight is 388 g/mol. The van der Waals surface area contributed by atoms with Crippen molar-refractivity contribution in [3.05, 3.63) is 50.7 Å². The summed E-state index contributed by atoms with van der Waals surface area (Å²) in [5.74, 6) is 6.34. The van der Waals surface area contributed by atoms with Gasteiger partial charge in [0.1, 0.15) is 18.5 Å². The summed E-state index contributed by atoms with van der Waals surface area (Å²) in [5, 5.41) is 10.5. The van der Waals surface area contributed by atoms with Crippen LogP contribution in [0.15, 0.2) is 33.9 Å². The Kier molecular flexibility index (Phi) is 5.52. The molecule has 28 heavy (non-hydrogen) atoms. The summed E-state index contributed by atoms with van der Waals surface area (Å²) in [5.41, 5.74) is 2.88. The van der Waals surface area contributed by atoms with Gasteiger partial charge in [-0.05, 0) is 24.1 Å². The van der Waals surface area contributed by atoms with Gasteiger partial charge in [0.25, 0.3) is 5.56 Å². The van der Waals surface area contributed by atoms with Crippen LogP contribution in [-0.4, -0.2) is 36.5 Å². The molecule has 4 N–H and O–H groups in total. The highest BCUT2D eigenvalue weighted by Gasteiger charge is 2.20. The van der Waals surface area contributed by atoms with Gasteiger partial charge in [0.2, 0.25) is 5.95 Å². The Balaban J connectivity index is 1.88. The van der Waals surface area contributed by atoms with Gasteiger partial charge in [-0.2, -0.15) is 4.98 Å². The van der Waals surface area contributed by atoms with Crippen LogP contribution < -0.4 is 27.3 Å². The molecule has 3 aromatic rings. The number of aryl methyl sites for hydroxylation is 2. The van der Waals surface area contributed by atoms with Gasteiger partial charge in [-0.15, -0.1) is 0 Å². The number of imidazole rings is 1. The van der Waals surface area contributed by atoms with E-state index in [1.165, 1.54) is 23.2 Å². The van der Waals surface area contributed by atoms with E-state index < -0.39 is 17.4 Å². The van der Waals surface area contributed by atoms with Crippen molar-refractivity contribution in [2.24, 2.45) is 19.9 Å². The van der Waals surface area contributed by atoms with Crippen LogP contribution >= 0.6 is 0 Å². The summed E-state index contributed by atoms with van der Waals surface area (Å²) in [6, 6.07) is 7.62. The van der Waals surface area contributed by atoms with E-state index in [1.54, 1.807) is 0 Å². The fraction of sp³-hybridized carbons (Fsp3) is 0.389. The number of aliphatic hydroxyl groups is 1. The number of hydrazine groups is 1. The topological polar surface area (TPSA) is 129 Å². The van der Waals surface area contributed by atoms with E-state index in [9.17, 15) is 14.7 Å². The van der Waals surface area contributed by atoms with Gasteiger partial charge in [0.15, 0.2) is 11.2 Å². The van der Waals surface area contributed by atoms with Crippen molar-refractivity contribution in [1.82, 2.24) is 18.7 Å². The largest absolute Gasteiger partial charge is 0.491 e. The predicted octanol–water partition coefficient (Wildman–Crippen LogP) is -0.278. The number of ether oxygens (including phenoxy) is 1. The maximum atomic E-state index is 12.6. The lowest BCUT2D eigenvalue weighted by Gasteiger charge is -2.15. The van der Waals surface area contributed by atoms with Crippen LogP contribution in [-0.2, 0) is 27.1 Å². The highest BCUT2D eigenvalue weighted by molar-refractivity contribution is 5.74. The van der Waals surface area contributed by atoms with E-state index >= 15 is 0 Å². The summed E-state index contributed by atoms with van der Waals surface area (Å²) in [6.45, 7) is 2.08. The van der Waals surface area contributed by atoms with Gasteiger partial charge in [-0.25, -0.2) is 10.6 Å². The molecule has 2 aromatic heterocycles. The van der Waals surface area contributed by atoms with Gasteiger partial charge in [-0.3, -0.25) is 19.4 Å². The lowest BCUT2D eigenvalue weighted by atomic mass is 10.2. The Bertz CT molecular complexity index is 1110. The smallest absolute Gasteiger partial charge is 0.332 e. The molecule has 10 heteroatoms. The first-order valence-corrected chi connectivity index (χ1v) is 8.90. The molecule has 1 atom stereocenters. The van der Waals surface area contributed by atoms with Crippen molar-refractivity contribution in [2.75, 3.05) is 12.0 Å². The first kappa shape index (κ1) is 19.6. The fourth-order valence-corrected chi connectivity index (χ4v) is 3.05. The standard InChI is InChI=1S/C18H24N6O4/c1-4-11-6-5-7-13(8-11)28-10-12(25)9-24-14-15(20-17(24)21-19)22(2)18(27)23(3)16(14)26/h5-8,12,25H,4,9-10,19H2,1-3H3,(H,20,21)/t12-/m0/s1. The highest BCUT2D eigenvalue weighted by Crippen LogP contribution is 2.17. The normalized spacial score (nSPS) is 12.3. The van der Waals surface area contributed by atoms with Crippen LogP contribution in [0, 0.1) is 0 Å². The minimum Gasteiger partial charge on any atom is -0.491 e. The molecule has 1 aromatic carbocycles. The molecule has 3 rings (SSSR count). The molecule has 0 bridgehead atoms. The van der Waals surface area contributed by atoms with E-state index in [-0.39, 0.29) is 30.3 Å². The third-order valence-electron chi connectivity index (χ3n) is 4.62. The van der Waals surface area contributed by atoms with Crippen LogP contribution in [0.4, 0.5) is 5.95 Å². The van der Waals surface area contributed by atoms with Crippen LogP contribution in [0.2, 0.25) is 0 Å². The van der Waals surface area contributed by atoms with Crippen LogP contribution in [0.3, 0.4) is 0 Å². The van der Waals surface area contributed by atoms with Gasteiger partial charge >= 0.3 is 5.69 Å². The number of rotatable bonds is 7. The number of nitrogen functional groups attached to an aromatic ring is 1. The second kappa shape index (κ2) is 7.87. The van der Waals surface area contributed by atoms with E-state index in [4.69, 9.17) is 10.6 Å². The summed E-state index contributed by atoms with van der Waals surface area (Å²) >= 11 is 0. The number of hydrogen-bond acceptors (Lipinski definition) is 7. The molecule has 0 spiro atoms. The summed E-state index contributed by atoms with van der Waals surface area (Å²) < 4.78 is 9.36. The van der Waals surface area contributed by atoms with E-state index in [2.05, 4.69) is 10.4 Å². The Hall–Kier alpha value is -3.11. The van der Waals surface area contributed by atoms with Crippen molar-refractivity contribution in [3.63, 3.8) is 0 Å². The monoisotopic (exact) mass is 388 g/mol. The van der Waals surface area contributed by atoms with E-state index in [0.29, 0.717) is 5.75 Å². The number of nitrogens with one attached hydrogen (secondary N) is 1. The van der Waals surface area contributed by atoms with Crippen LogP contribution in [0.1, 0.15) is 12.5 Å². The average Bonchev–Trinajstić information content (AvgIpc) is 3.07. The van der Waals surface area contributed by atoms with Gasteiger partial charge in [0, 0.05) is 14.1 Å². The maximum Gasteiger partial charge on any atom is 0.332 e. The Morgan fingerprint density at radius 1 is 1.29 bits per heavy atom. The van der Waals surface area contributed by atoms with Crippen molar-refractivity contribution >= 4 is 17.1 Å². The van der Waals surface area contributed by atoms with Crippen molar-refractivity contribution < 1.29 is 9.84 Å². The molecule has 0 amide bonds. The fourth-order valence-electron chi connectivity index (χ4n) is 3.05. The zero-order valence-electron chi connectivity index (χ0n) is 16.0. The van der Waals surface area contributed by atoms with Crippen LogP contribution in [0.5, 0.6) is 5.75 Å². The zero-order valence-corrected chi connectivity index (χ0v) is 16.0. The number of hydrogen-bond donors (Lipinski definition) is 3. The Morgan fingerprint density at radius 3 is 2.71 bits per heavy atom. The number of benzene rings is 1. The molecule has 0 saturated carbocycles. The third kappa shape index (κ3) is 3.51. The minimum absolute atomic E-state index is 0.0109. The lowest BCUT2D eigenvalue weighted by molar-refractivity contribution is 0.0938. The lowest BCUT2D eigenvalue weighted by Crippen LogP contribution is -2.38. The van der Waals surface area contributed by atoms with E-state index in [0.717, 1.165) is 16.6 Å². The molecular weight excluding hydrogens is 364 g/mol. The summed E-state index contributed by atoms with van der Waals surface area (Å²) in [4.78, 5) is 28.9. The Labute approximate surface area is 160 Å². The highest BCUT2D eigenvalue weighted by atomic mass is 16.5. The van der Waals surface area contributed by atoms with Crippen LogP contribution in [0.25, 0.3) is 11.2 Å². The molecule has 0 saturated heterocycles. The SMILES string of the molecule is CCc1cccc(OC[C@@H](O)Cn2c(NN)nc3c2c(=O)n(C)c(=O)n3C)c1. The second-order valence-corrected chi connectivity index (χ2v) is 6.53. The molecule has 0 fully saturated rings. The van der Waals surface area contributed by atoms with Crippen molar-refractivity contribution in [3.8, 4) is 5.75 Å². The first-order valence-electron chi connectivity index (χ1n) is 8.90. The minimum atomic E-state index is -0.934. The number of aromatic nitrogens is 4. The molecule has 0 aliphatic rings. The number of fused-ring (bicyclic) bond motifs is 1. The molecule has 0 aliphatic carbocycles. The number of anilines is 1. The zero-order chi connectivity index (χ0) is 20.4. The quantitative estimate of drug-likeness (QED) is 0.375. The molecular formula is C18H24N6O4. The van der Waals surface area contributed by atoms with Crippen molar-refractivity contribution in [2.45, 2.75) is 26.0 Å². The second-order valence-electron chi connectivity index (χ2n) is 6.53. The van der Waals surface area contributed by atoms with Gasteiger partial charge in [-0.1, -0.05) is 19.1 Å². The Morgan fingerprint density at radius 2 is 2.04 bits per heavy atom. The summed E-state index contributed by atoms with van der Waals surface area (Å²) in [7, 11) is 2.90. The molecule has 10 nitrogen and oxygen atoms in total. The predicted molar refractivity (Wildman–Crippen MR) is 105 cm³/mol. The third-order valence-corrected chi connectivity index (χ3v) is 4.62. The van der Waals surface area contributed by atoms with Crippen molar-refractivity contribution in [1.29, 1.82) is 0 Å². The van der Waals surface area contributed by atoms with Gasteiger partial charge < -0.3 is 14.4 Å². The summed E-state index contributed by atoms with van der Waals surface area (Å²) in [6.07, 6.45) is -0.0503.